The molecular weight excluding hydrogens is 362 g/mol. The monoisotopic (exact) mass is 372 g/mol. The number of H-pyrrole nitrogens is 1. The number of aromatic amines is 1. The van der Waals surface area contributed by atoms with Crippen molar-refractivity contribution in [2.45, 2.75) is 24.6 Å². The molecule has 1 aromatic rings. The van der Waals surface area contributed by atoms with Gasteiger partial charge in [0.15, 0.2) is 12.4 Å². The van der Waals surface area contributed by atoms with Crippen LogP contribution < -0.4 is 11.2 Å². The van der Waals surface area contributed by atoms with Crippen molar-refractivity contribution in [1.82, 2.24) is 9.55 Å². The fourth-order valence-electron chi connectivity index (χ4n) is 1.73. The number of hydrogen-bond donors (Lipinski definition) is 3. The Labute approximate surface area is 113 Å². The summed E-state index contributed by atoms with van der Waals surface area (Å²) in [5.41, 5.74) is -1.41. The molecule has 0 aromatic carbocycles. The molecule has 2 rings (SSSR count). The molecule has 4 atom stereocenters. The molecule has 1 fully saturated rings. The number of alkyl halides is 1. The van der Waals surface area contributed by atoms with Gasteiger partial charge in [-0.25, -0.2) is 9.18 Å². The van der Waals surface area contributed by atoms with Crippen LogP contribution in [0.1, 0.15) is 6.23 Å². The predicted octanol–water partition coefficient (Wildman–Crippen LogP) is -1.27. The van der Waals surface area contributed by atoms with Crippen molar-refractivity contribution in [2.75, 3.05) is 6.61 Å². The second-order valence-corrected chi connectivity index (χ2v) is 4.99. The van der Waals surface area contributed by atoms with Gasteiger partial charge >= 0.3 is 5.69 Å². The van der Waals surface area contributed by atoms with Crippen LogP contribution in [-0.2, 0) is 4.74 Å². The minimum atomic E-state index is -1.86. The summed E-state index contributed by atoms with van der Waals surface area (Å²) in [6, 6.07) is 0. The molecule has 1 aromatic heterocycles. The van der Waals surface area contributed by atoms with E-state index in [2.05, 4.69) is 0 Å². The lowest BCUT2D eigenvalue weighted by atomic mass is 10.1. The van der Waals surface area contributed by atoms with Gasteiger partial charge in [-0.3, -0.25) is 14.3 Å². The predicted molar refractivity (Wildman–Crippen MR) is 65.9 cm³/mol. The number of nitrogens with zero attached hydrogens (tertiary/aromatic N) is 1. The molecule has 0 bridgehead atoms. The zero-order chi connectivity index (χ0) is 13.4. The SMILES string of the molecule is O=c1[nH]c(=O)n([C@@H]2O[C@H](CO)[C@@H](O)C2F)cc1I. The highest BCUT2D eigenvalue weighted by atomic mass is 127. The smallest absolute Gasteiger partial charge is 0.330 e. The van der Waals surface area contributed by atoms with Crippen LogP contribution in [0.5, 0.6) is 0 Å². The molecule has 0 aliphatic carbocycles. The lowest BCUT2D eigenvalue weighted by molar-refractivity contribution is -0.0492. The van der Waals surface area contributed by atoms with Gasteiger partial charge in [-0.05, 0) is 22.6 Å². The third-order valence-electron chi connectivity index (χ3n) is 2.67. The van der Waals surface area contributed by atoms with E-state index in [1.54, 1.807) is 22.6 Å². The second-order valence-electron chi connectivity index (χ2n) is 3.83. The van der Waals surface area contributed by atoms with E-state index in [-0.39, 0.29) is 3.57 Å². The summed E-state index contributed by atoms with van der Waals surface area (Å²) >= 11 is 1.69. The maximum Gasteiger partial charge on any atom is 0.330 e. The molecule has 2 heterocycles. The van der Waals surface area contributed by atoms with Gasteiger partial charge in [0.25, 0.3) is 5.56 Å². The fourth-order valence-corrected chi connectivity index (χ4v) is 2.16. The van der Waals surface area contributed by atoms with Crippen molar-refractivity contribution in [2.24, 2.45) is 0 Å². The molecule has 7 nitrogen and oxygen atoms in total. The number of hydrogen-bond acceptors (Lipinski definition) is 5. The summed E-state index contributed by atoms with van der Waals surface area (Å²) < 4.78 is 19.9. The summed E-state index contributed by atoms with van der Waals surface area (Å²) in [7, 11) is 0. The highest BCUT2D eigenvalue weighted by Crippen LogP contribution is 2.30. The number of aliphatic hydroxyl groups excluding tert-OH is 2. The molecule has 9 heteroatoms. The first kappa shape index (κ1) is 13.6. The Hall–Kier alpha value is -0.780. The zero-order valence-corrected chi connectivity index (χ0v) is 11.1. The summed E-state index contributed by atoms with van der Waals surface area (Å²) in [6.45, 7) is -0.562. The van der Waals surface area contributed by atoms with Crippen LogP contribution in [0.3, 0.4) is 0 Å². The third-order valence-corrected chi connectivity index (χ3v) is 3.44. The Morgan fingerprint density at radius 3 is 2.78 bits per heavy atom. The van der Waals surface area contributed by atoms with E-state index >= 15 is 0 Å². The van der Waals surface area contributed by atoms with Crippen LogP contribution >= 0.6 is 22.6 Å². The van der Waals surface area contributed by atoms with Crippen LogP contribution in [0.4, 0.5) is 4.39 Å². The second kappa shape index (κ2) is 5.07. The number of halogens is 2. The van der Waals surface area contributed by atoms with Gasteiger partial charge in [-0.2, -0.15) is 0 Å². The fraction of sp³-hybridized carbons (Fsp3) is 0.556. The van der Waals surface area contributed by atoms with E-state index in [1.807, 2.05) is 4.98 Å². The van der Waals surface area contributed by atoms with Crippen LogP contribution in [0.15, 0.2) is 15.8 Å². The van der Waals surface area contributed by atoms with E-state index in [4.69, 9.17) is 9.84 Å². The molecule has 1 aliphatic rings. The highest BCUT2D eigenvalue weighted by molar-refractivity contribution is 14.1. The molecule has 0 saturated carbocycles. The standard InChI is InChI=1S/C9H10FIN2O5/c10-5-6(15)4(2-14)18-8(5)13-1-3(11)7(16)12-9(13)17/h1,4-6,8,14-15H,2H2,(H,12,16,17)/t4-,5?,6-,8-/m1/s1. The average Bonchev–Trinajstić information content (AvgIpc) is 2.61. The number of ether oxygens (including phenoxy) is 1. The van der Waals surface area contributed by atoms with Crippen LogP contribution in [0.25, 0.3) is 0 Å². The zero-order valence-electron chi connectivity index (χ0n) is 8.92. The maximum atomic E-state index is 13.8. The van der Waals surface area contributed by atoms with Crippen LogP contribution in [0.2, 0.25) is 0 Å². The van der Waals surface area contributed by atoms with Gasteiger partial charge < -0.3 is 14.9 Å². The van der Waals surface area contributed by atoms with Crippen molar-refractivity contribution in [3.05, 3.63) is 30.6 Å². The lowest BCUT2D eigenvalue weighted by Gasteiger charge is -2.15. The Balaban J connectivity index is 2.42. The van der Waals surface area contributed by atoms with Crippen molar-refractivity contribution in [3.8, 4) is 0 Å². The largest absolute Gasteiger partial charge is 0.394 e. The highest BCUT2D eigenvalue weighted by Gasteiger charge is 2.45. The van der Waals surface area contributed by atoms with Gasteiger partial charge in [0, 0.05) is 6.20 Å². The number of rotatable bonds is 2. The molecule has 3 N–H and O–H groups in total. The summed E-state index contributed by atoms with van der Waals surface area (Å²) in [5, 5.41) is 18.3. The Morgan fingerprint density at radius 1 is 1.56 bits per heavy atom. The van der Waals surface area contributed by atoms with Crippen molar-refractivity contribution >= 4 is 22.6 Å². The van der Waals surface area contributed by atoms with E-state index in [1.165, 1.54) is 0 Å². The molecule has 1 saturated heterocycles. The minimum Gasteiger partial charge on any atom is -0.394 e. The van der Waals surface area contributed by atoms with Gasteiger partial charge in [0.05, 0.1) is 10.2 Å². The van der Waals surface area contributed by atoms with E-state index in [0.29, 0.717) is 0 Å². The first-order valence-electron chi connectivity index (χ1n) is 5.05. The van der Waals surface area contributed by atoms with E-state index < -0.39 is 42.5 Å². The Bertz CT molecular complexity index is 559. The van der Waals surface area contributed by atoms with Crippen LogP contribution in [-0.4, -0.2) is 44.8 Å². The third kappa shape index (κ3) is 2.22. The summed E-state index contributed by atoms with van der Waals surface area (Å²) in [5.74, 6) is 0. The van der Waals surface area contributed by atoms with Crippen LogP contribution in [0, 0.1) is 3.57 Å². The lowest BCUT2D eigenvalue weighted by Crippen LogP contribution is -2.37. The van der Waals surface area contributed by atoms with Gasteiger partial charge in [-0.15, -0.1) is 0 Å². The molecular formula is C9H10FIN2O5. The normalized spacial score (nSPS) is 31.8. The molecule has 1 aliphatic heterocycles. The maximum absolute atomic E-state index is 13.8. The van der Waals surface area contributed by atoms with Crippen molar-refractivity contribution in [1.29, 1.82) is 0 Å². The number of aromatic nitrogens is 2. The van der Waals surface area contributed by atoms with Crippen molar-refractivity contribution in [3.63, 3.8) is 0 Å². The average molecular weight is 372 g/mol. The number of aliphatic hydroxyl groups is 2. The Morgan fingerprint density at radius 2 is 2.22 bits per heavy atom. The Kier molecular flexibility index (Phi) is 3.84. The van der Waals surface area contributed by atoms with E-state index in [0.717, 1.165) is 10.8 Å². The molecule has 0 spiro atoms. The van der Waals surface area contributed by atoms with E-state index in [9.17, 15) is 19.1 Å². The van der Waals surface area contributed by atoms with Gasteiger partial charge in [-0.1, -0.05) is 0 Å². The molecule has 100 valence electrons. The van der Waals surface area contributed by atoms with Gasteiger partial charge in [0.1, 0.15) is 12.2 Å². The quantitative estimate of drug-likeness (QED) is 0.562. The first-order valence-corrected chi connectivity index (χ1v) is 6.13. The topological polar surface area (TPSA) is 105 Å². The molecule has 18 heavy (non-hydrogen) atoms. The first-order chi connectivity index (χ1) is 8.45. The molecule has 1 unspecified atom stereocenters. The summed E-state index contributed by atoms with van der Waals surface area (Å²) in [4.78, 5) is 24.7. The molecule has 0 radical (unpaired) electrons. The van der Waals surface area contributed by atoms with Gasteiger partial charge in [0.2, 0.25) is 0 Å². The summed E-state index contributed by atoms with van der Waals surface area (Å²) in [6.07, 6.45) is -4.69. The minimum absolute atomic E-state index is 0.185. The molecule has 0 amide bonds. The van der Waals surface area contributed by atoms with Crippen molar-refractivity contribution < 1.29 is 19.3 Å². The number of nitrogens with one attached hydrogen (secondary N) is 1.